The van der Waals surface area contributed by atoms with E-state index in [1.165, 1.54) is 7.11 Å². The van der Waals surface area contributed by atoms with Crippen LogP contribution in [0.3, 0.4) is 0 Å². The largest absolute Gasteiger partial charge is 0.465 e. The quantitative estimate of drug-likeness (QED) is 0.880. The number of benzene rings is 1. The molecule has 0 saturated heterocycles. The van der Waals surface area contributed by atoms with Crippen molar-refractivity contribution in [3.63, 3.8) is 0 Å². The van der Waals surface area contributed by atoms with Crippen LogP contribution in [-0.2, 0) is 17.6 Å². The lowest BCUT2D eigenvalue weighted by molar-refractivity contribution is 0.0602. The maximum absolute atomic E-state index is 12.3. The maximum atomic E-state index is 12.3. The first-order valence-corrected chi connectivity index (χ1v) is 6.78. The molecule has 0 unspecified atom stereocenters. The van der Waals surface area contributed by atoms with Crippen molar-refractivity contribution in [1.29, 1.82) is 0 Å². The number of hydrogen-bond donors (Lipinski definition) is 1. The van der Waals surface area contributed by atoms with E-state index in [2.05, 4.69) is 5.32 Å². The van der Waals surface area contributed by atoms with Crippen molar-refractivity contribution in [3.05, 3.63) is 53.0 Å². The molecule has 0 spiro atoms. The van der Waals surface area contributed by atoms with Gasteiger partial charge in [-0.25, -0.2) is 4.79 Å². The van der Waals surface area contributed by atoms with Gasteiger partial charge >= 0.3 is 5.97 Å². The van der Waals surface area contributed by atoms with Gasteiger partial charge in [0, 0.05) is 5.56 Å². The molecule has 1 aromatic carbocycles. The summed E-state index contributed by atoms with van der Waals surface area (Å²) in [6.07, 6.45) is 4.49. The molecule has 2 aromatic rings. The highest BCUT2D eigenvalue weighted by Crippen LogP contribution is 2.28. The first-order valence-electron chi connectivity index (χ1n) is 6.78. The van der Waals surface area contributed by atoms with E-state index < -0.39 is 5.97 Å². The van der Waals surface area contributed by atoms with Crippen LogP contribution < -0.4 is 5.32 Å². The molecule has 5 nitrogen and oxygen atoms in total. The number of fused-ring (bicyclic) bond motifs is 1. The minimum absolute atomic E-state index is 0.316. The minimum Gasteiger partial charge on any atom is -0.465 e. The number of nitrogens with one attached hydrogen (secondary N) is 1. The van der Waals surface area contributed by atoms with Gasteiger partial charge in [0.2, 0.25) is 0 Å². The van der Waals surface area contributed by atoms with Gasteiger partial charge in [-0.3, -0.25) is 4.79 Å². The molecular formula is C16H15NO4. The van der Waals surface area contributed by atoms with E-state index in [1.807, 2.05) is 0 Å². The number of esters is 1. The summed E-state index contributed by atoms with van der Waals surface area (Å²) < 4.78 is 10.1. The van der Waals surface area contributed by atoms with Gasteiger partial charge in [-0.15, -0.1) is 0 Å². The van der Waals surface area contributed by atoms with Crippen LogP contribution >= 0.6 is 0 Å². The number of rotatable bonds is 3. The highest BCUT2D eigenvalue weighted by molar-refractivity contribution is 6.07. The molecule has 0 atom stereocenters. The Morgan fingerprint density at radius 1 is 1.24 bits per heavy atom. The van der Waals surface area contributed by atoms with E-state index in [0.717, 1.165) is 30.4 Å². The van der Waals surface area contributed by atoms with E-state index in [0.29, 0.717) is 17.0 Å². The second-order valence-corrected chi connectivity index (χ2v) is 4.91. The number of furan rings is 1. The first-order chi connectivity index (χ1) is 10.2. The van der Waals surface area contributed by atoms with Gasteiger partial charge in [0.1, 0.15) is 0 Å². The molecule has 108 valence electrons. The number of aryl methyl sites for hydroxylation is 1. The van der Waals surface area contributed by atoms with Crippen LogP contribution in [0.2, 0.25) is 0 Å². The third-order valence-corrected chi connectivity index (χ3v) is 3.64. The van der Waals surface area contributed by atoms with Crippen molar-refractivity contribution in [2.45, 2.75) is 19.3 Å². The number of anilines is 1. The standard InChI is InChI=1S/C16H15NO4/c1-20-16(19)12-6-2-3-8-13(12)17-15(18)14-11-7-4-5-10(11)9-21-14/h2-3,6,8-9H,4-5,7H2,1H3,(H,17,18). The fourth-order valence-corrected chi connectivity index (χ4v) is 2.61. The topological polar surface area (TPSA) is 68.5 Å². The number of carbonyl (C=O) groups excluding carboxylic acids is 2. The summed E-state index contributed by atoms with van der Waals surface area (Å²) in [5.74, 6) is -0.493. The third-order valence-electron chi connectivity index (χ3n) is 3.64. The van der Waals surface area contributed by atoms with Crippen LogP contribution in [0.25, 0.3) is 0 Å². The highest BCUT2D eigenvalue weighted by Gasteiger charge is 2.24. The van der Waals surface area contributed by atoms with Crippen molar-refractivity contribution in [2.24, 2.45) is 0 Å². The molecule has 1 aromatic heterocycles. The number of carbonyl (C=O) groups is 2. The molecule has 0 aliphatic heterocycles. The zero-order chi connectivity index (χ0) is 14.8. The molecule has 1 heterocycles. The van der Waals surface area contributed by atoms with E-state index in [4.69, 9.17) is 9.15 Å². The van der Waals surface area contributed by atoms with E-state index in [9.17, 15) is 9.59 Å². The van der Waals surface area contributed by atoms with Crippen LogP contribution in [0.1, 0.15) is 38.5 Å². The van der Waals surface area contributed by atoms with Crippen molar-refractivity contribution in [3.8, 4) is 0 Å². The summed E-state index contributed by atoms with van der Waals surface area (Å²) in [5, 5.41) is 2.72. The normalized spacial score (nSPS) is 12.8. The number of ether oxygens (including phenoxy) is 1. The Kier molecular flexibility index (Phi) is 3.48. The molecule has 3 rings (SSSR count). The number of methoxy groups -OCH3 is 1. The second-order valence-electron chi connectivity index (χ2n) is 4.91. The summed E-state index contributed by atoms with van der Waals surface area (Å²) in [6, 6.07) is 6.72. The van der Waals surface area contributed by atoms with Gasteiger partial charge in [-0.1, -0.05) is 12.1 Å². The fraction of sp³-hybridized carbons (Fsp3) is 0.250. The van der Waals surface area contributed by atoms with E-state index >= 15 is 0 Å². The summed E-state index contributed by atoms with van der Waals surface area (Å²) in [6.45, 7) is 0. The Bertz CT molecular complexity index is 702. The van der Waals surface area contributed by atoms with Gasteiger partial charge in [0.25, 0.3) is 5.91 Å². The maximum Gasteiger partial charge on any atom is 0.339 e. The van der Waals surface area contributed by atoms with Crippen LogP contribution in [0.15, 0.2) is 34.9 Å². The van der Waals surface area contributed by atoms with Crippen LogP contribution in [0.5, 0.6) is 0 Å². The van der Waals surface area contributed by atoms with Crippen molar-refractivity contribution < 1.29 is 18.7 Å². The Morgan fingerprint density at radius 2 is 2.05 bits per heavy atom. The Hall–Kier alpha value is -2.56. The lowest BCUT2D eigenvalue weighted by Crippen LogP contribution is -2.16. The molecule has 5 heteroatoms. The zero-order valence-corrected chi connectivity index (χ0v) is 11.6. The molecule has 0 fully saturated rings. The molecule has 0 radical (unpaired) electrons. The van der Waals surface area contributed by atoms with Gasteiger partial charge in [0.15, 0.2) is 5.76 Å². The third kappa shape index (κ3) is 2.42. The predicted molar refractivity (Wildman–Crippen MR) is 76.5 cm³/mol. The summed E-state index contributed by atoms with van der Waals surface area (Å²) in [7, 11) is 1.31. The average Bonchev–Trinajstić information content (AvgIpc) is 3.09. The monoisotopic (exact) mass is 285 g/mol. The molecule has 1 N–H and O–H groups in total. The van der Waals surface area contributed by atoms with Crippen LogP contribution in [0, 0.1) is 0 Å². The number of hydrogen-bond acceptors (Lipinski definition) is 4. The van der Waals surface area contributed by atoms with E-state index in [-0.39, 0.29) is 5.91 Å². The number of amides is 1. The molecule has 0 saturated carbocycles. The molecule has 1 amide bonds. The van der Waals surface area contributed by atoms with Gasteiger partial charge in [0.05, 0.1) is 24.6 Å². The molecule has 0 bridgehead atoms. The smallest absolute Gasteiger partial charge is 0.339 e. The van der Waals surface area contributed by atoms with Crippen LogP contribution in [-0.4, -0.2) is 19.0 Å². The van der Waals surface area contributed by atoms with Gasteiger partial charge < -0.3 is 14.5 Å². The Balaban J connectivity index is 1.87. The first kappa shape index (κ1) is 13.4. The minimum atomic E-state index is -0.490. The van der Waals surface area contributed by atoms with Crippen molar-refractivity contribution in [1.82, 2.24) is 0 Å². The average molecular weight is 285 g/mol. The molecule has 1 aliphatic carbocycles. The summed E-state index contributed by atoms with van der Waals surface area (Å²) in [4.78, 5) is 24.0. The zero-order valence-electron chi connectivity index (χ0n) is 11.6. The lowest BCUT2D eigenvalue weighted by Gasteiger charge is -2.09. The predicted octanol–water partition coefficient (Wildman–Crippen LogP) is 2.81. The summed E-state index contributed by atoms with van der Waals surface area (Å²) >= 11 is 0. The van der Waals surface area contributed by atoms with Gasteiger partial charge in [-0.05, 0) is 37.0 Å². The van der Waals surface area contributed by atoms with Crippen molar-refractivity contribution in [2.75, 3.05) is 12.4 Å². The van der Waals surface area contributed by atoms with Gasteiger partial charge in [-0.2, -0.15) is 0 Å². The van der Waals surface area contributed by atoms with E-state index in [1.54, 1.807) is 30.5 Å². The summed E-state index contributed by atoms with van der Waals surface area (Å²) in [5.41, 5.74) is 2.80. The highest BCUT2D eigenvalue weighted by atomic mass is 16.5. The Morgan fingerprint density at radius 3 is 2.86 bits per heavy atom. The van der Waals surface area contributed by atoms with Crippen LogP contribution in [0.4, 0.5) is 5.69 Å². The molecule has 1 aliphatic rings. The molecule has 21 heavy (non-hydrogen) atoms. The fourth-order valence-electron chi connectivity index (χ4n) is 2.61. The SMILES string of the molecule is COC(=O)c1ccccc1NC(=O)c1occ2c1CCC2. The Labute approximate surface area is 121 Å². The second kappa shape index (κ2) is 5.44. The number of para-hydroxylation sites is 1. The van der Waals surface area contributed by atoms with Crippen molar-refractivity contribution >= 4 is 17.6 Å². The lowest BCUT2D eigenvalue weighted by atomic mass is 10.1. The molecular weight excluding hydrogens is 270 g/mol.